The number of amides is 1. The van der Waals surface area contributed by atoms with Gasteiger partial charge in [0.05, 0.1) is 16.2 Å². The zero-order chi connectivity index (χ0) is 18.6. The summed E-state index contributed by atoms with van der Waals surface area (Å²) in [6, 6.07) is 9.00. The van der Waals surface area contributed by atoms with Gasteiger partial charge in [0.2, 0.25) is 5.91 Å². The minimum Gasteiger partial charge on any atom is -0.319 e. The van der Waals surface area contributed by atoms with E-state index in [2.05, 4.69) is 5.32 Å². The van der Waals surface area contributed by atoms with Crippen LogP contribution in [0.5, 0.6) is 0 Å². The maximum absolute atomic E-state index is 12.7. The molecule has 0 heterocycles. The van der Waals surface area contributed by atoms with Crippen LogP contribution in [-0.4, -0.2) is 16.6 Å². The Morgan fingerprint density at radius 2 is 1.92 bits per heavy atom. The fourth-order valence-electron chi connectivity index (χ4n) is 2.05. The van der Waals surface area contributed by atoms with Crippen LogP contribution in [0.25, 0.3) is 0 Å². The zero-order valence-corrected chi connectivity index (χ0v) is 13.8. The molecule has 25 heavy (non-hydrogen) atoms. The number of alkyl halides is 3. The number of benzene rings is 2. The molecule has 0 bridgehead atoms. The minimum atomic E-state index is -4.46. The van der Waals surface area contributed by atoms with Crippen molar-refractivity contribution in [3.63, 3.8) is 0 Å². The van der Waals surface area contributed by atoms with E-state index in [1.165, 1.54) is 24.3 Å². The molecule has 9 heteroatoms. The number of carbonyl (C=O) groups is 1. The number of anilines is 1. The number of rotatable bonds is 5. The average molecular weight is 370 g/mol. The molecule has 1 N–H and O–H groups in total. The van der Waals surface area contributed by atoms with Crippen LogP contribution >= 0.6 is 11.8 Å². The molecule has 0 unspecified atom stereocenters. The molecule has 2 aromatic carbocycles. The number of hydrogen-bond donors (Lipinski definition) is 1. The Balaban J connectivity index is 2.07. The summed E-state index contributed by atoms with van der Waals surface area (Å²) in [5.41, 5.74) is -0.432. The zero-order valence-electron chi connectivity index (χ0n) is 13.0. The van der Waals surface area contributed by atoms with E-state index in [0.29, 0.717) is 5.56 Å². The van der Waals surface area contributed by atoms with Crippen LogP contribution in [0.1, 0.15) is 11.1 Å². The number of halogens is 3. The molecule has 0 atom stereocenters. The Kier molecular flexibility index (Phi) is 5.68. The normalized spacial score (nSPS) is 11.2. The lowest BCUT2D eigenvalue weighted by atomic mass is 10.1. The molecule has 0 fully saturated rings. The number of nitro benzene ring substituents is 1. The van der Waals surface area contributed by atoms with Crippen molar-refractivity contribution in [3.8, 4) is 0 Å². The van der Waals surface area contributed by atoms with Crippen LogP contribution in [0.4, 0.5) is 24.5 Å². The number of nitrogens with one attached hydrogen (secondary N) is 1. The van der Waals surface area contributed by atoms with Gasteiger partial charge in [0.1, 0.15) is 5.69 Å². The molecule has 2 rings (SSSR count). The lowest BCUT2D eigenvalue weighted by Crippen LogP contribution is -2.16. The fourth-order valence-corrected chi connectivity index (χ4v) is 2.81. The number of carbonyl (C=O) groups excluding carboxylic acids is 1. The summed E-state index contributed by atoms with van der Waals surface area (Å²) in [7, 11) is 0. The summed E-state index contributed by atoms with van der Waals surface area (Å²) in [5.74, 6) is -0.716. The lowest BCUT2D eigenvalue weighted by molar-refractivity contribution is -0.384. The SMILES string of the molecule is Cc1cccc([N+](=O)[O-])c1NC(=O)CSc1cccc(C(F)(F)F)c1. The predicted octanol–water partition coefficient (Wildman–Crippen LogP) is 4.65. The van der Waals surface area contributed by atoms with Crippen molar-refractivity contribution < 1.29 is 22.9 Å². The molecule has 2 aromatic rings. The van der Waals surface area contributed by atoms with E-state index >= 15 is 0 Å². The molecule has 0 aliphatic carbocycles. The highest BCUT2D eigenvalue weighted by Crippen LogP contribution is 2.32. The van der Waals surface area contributed by atoms with Gasteiger partial charge in [-0.1, -0.05) is 18.2 Å². The molecule has 0 aliphatic heterocycles. The lowest BCUT2D eigenvalue weighted by Gasteiger charge is -2.10. The number of hydrogen-bond acceptors (Lipinski definition) is 4. The van der Waals surface area contributed by atoms with Crippen molar-refractivity contribution in [2.45, 2.75) is 18.0 Å². The summed E-state index contributed by atoms with van der Waals surface area (Å²) in [5, 5.41) is 13.5. The van der Waals surface area contributed by atoms with Gasteiger partial charge in [0.25, 0.3) is 5.69 Å². The van der Waals surface area contributed by atoms with Gasteiger partial charge in [-0.25, -0.2) is 0 Å². The molecule has 0 radical (unpaired) electrons. The molecule has 0 saturated carbocycles. The van der Waals surface area contributed by atoms with Crippen LogP contribution in [-0.2, 0) is 11.0 Å². The molecule has 132 valence electrons. The van der Waals surface area contributed by atoms with Crippen LogP contribution < -0.4 is 5.32 Å². The highest BCUT2D eigenvalue weighted by atomic mass is 32.2. The second kappa shape index (κ2) is 7.56. The van der Waals surface area contributed by atoms with Crippen LogP contribution in [0.15, 0.2) is 47.4 Å². The fraction of sp³-hybridized carbons (Fsp3) is 0.188. The summed E-state index contributed by atoms with van der Waals surface area (Å²) in [6.45, 7) is 1.61. The first-order valence-electron chi connectivity index (χ1n) is 7.02. The summed E-state index contributed by atoms with van der Waals surface area (Å²) < 4.78 is 38.0. The number of aryl methyl sites for hydroxylation is 1. The van der Waals surface area contributed by atoms with Crippen LogP contribution in [0, 0.1) is 17.0 Å². The predicted molar refractivity (Wildman–Crippen MR) is 88.6 cm³/mol. The Hall–Kier alpha value is -2.55. The molecule has 0 aromatic heterocycles. The minimum absolute atomic E-state index is 0.0853. The highest BCUT2D eigenvalue weighted by Gasteiger charge is 2.30. The molecule has 0 spiro atoms. The maximum atomic E-state index is 12.7. The van der Waals surface area contributed by atoms with Gasteiger partial charge < -0.3 is 5.32 Å². The van der Waals surface area contributed by atoms with E-state index in [1.807, 2.05) is 0 Å². The van der Waals surface area contributed by atoms with E-state index in [0.717, 1.165) is 23.9 Å². The Morgan fingerprint density at radius 3 is 2.56 bits per heavy atom. The second-order valence-corrected chi connectivity index (χ2v) is 6.14. The third kappa shape index (κ3) is 4.96. The quantitative estimate of drug-likeness (QED) is 0.472. The van der Waals surface area contributed by atoms with Crippen molar-refractivity contribution in [3.05, 3.63) is 63.7 Å². The molecule has 5 nitrogen and oxygen atoms in total. The van der Waals surface area contributed by atoms with Crippen molar-refractivity contribution in [2.75, 3.05) is 11.1 Å². The first-order valence-corrected chi connectivity index (χ1v) is 8.01. The van der Waals surface area contributed by atoms with Gasteiger partial charge in [-0.3, -0.25) is 14.9 Å². The van der Waals surface area contributed by atoms with Gasteiger partial charge in [-0.15, -0.1) is 11.8 Å². The van der Waals surface area contributed by atoms with Gasteiger partial charge >= 0.3 is 6.18 Å². The number of nitrogens with zero attached hydrogens (tertiary/aromatic N) is 1. The number of para-hydroxylation sites is 1. The van der Waals surface area contributed by atoms with Crippen molar-refractivity contribution in [1.82, 2.24) is 0 Å². The molecule has 1 amide bonds. The van der Waals surface area contributed by atoms with Crippen LogP contribution in [0.2, 0.25) is 0 Å². The summed E-state index contributed by atoms with van der Waals surface area (Å²) in [4.78, 5) is 22.7. The smallest absolute Gasteiger partial charge is 0.319 e. The monoisotopic (exact) mass is 370 g/mol. The number of nitro groups is 1. The number of thioether (sulfide) groups is 1. The maximum Gasteiger partial charge on any atom is 0.416 e. The Morgan fingerprint density at radius 1 is 1.24 bits per heavy atom. The summed E-state index contributed by atoms with van der Waals surface area (Å²) in [6.07, 6.45) is -4.46. The molecular weight excluding hydrogens is 357 g/mol. The topological polar surface area (TPSA) is 72.2 Å². The Bertz CT molecular complexity index is 809. The average Bonchev–Trinajstić information content (AvgIpc) is 2.54. The molecule has 0 saturated heterocycles. The van der Waals surface area contributed by atoms with Crippen molar-refractivity contribution in [1.29, 1.82) is 0 Å². The summed E-state index contributed by atoms with van der Waals surface area (Å²) >= 11 is 0.916. The molecule has 0 aliphatic rings. The second-order valence-electron chi connectivity index (χ2n) is 5.09. The highest BCUT2D eigenvalue weighted by molar-refractivity contribution is 8.00. The van der Waals surface area contributed by atoms with E-state index in [4.69, 9.17) is 0 Å². The van der Waals surface area contributed by atoms with E-state index in [9.17, 15) is 28.1 Å². The van der Waals surface area contributed by atoms with E-state index in [-0.39, 0.29) is 22.0 Å². The first kappa shape index (κ1) is 18.8. The van der Waals surface area contributed by atoms with E-state index in [1.54, 1.807) is 13.0 Å². The largest absolute Gasteiger partial charge is 0.416 e. The molecular formula is C16H13F3N2O3S. The van der Waals surface area contributed by atoms with Crippen molar-refractivity contribution in [2.24, 2.45) is 0 Å². The third-order valence-electron chi connectivity index (χ3n) is 3.24. The van der Waals surface area contributed by atoms with Gasteiger partial charge in [0, 0.05) is 11.0 Å². The first-order chi connectivity index (χ1) is 11.7. The van der Waals surface area contributed by atoms with Crippen LogP contribution in [0.3, 0.4) is 0 Å². The van der Waals surface area contributed by atoms with Gasteiger partial charge in [0.15, 0.2) is 0 Å². The van der Waals surface area contributed by atoms with Gasteiger partial charge in [-0.05, 0) is 30.7 Å². The Labute approximate surface area is 145 Å². The van der Waals surface area contributed by atoms with Crippen molar-refractivity contribution >= 4 is 29.0 Å². The van der Waals surface area contributed by atoms with E-state index < -0.39 is 22.6 Å². The third-order valence-corrected chi connectivity index (χ3v) is 4.24. The standard InChI is InChI=1S/C16H13F3N2O3S/c1-10-4-2-7-13(21(23)24)15(10)20-14(22)9-25-12-6-3-5-11(8-12)16(17,18)19/h2-8H,9H2,1H3,(H,20,22). The van der Waals surface area contributed by atoms with Gasteiger partial charge in [-0.2, -0.15) is 13.2 Å².